The summed E-state index contributed by atoms with van der Waals surface area (Å²) in [5, 5.41) is 13.3. The van der Waals surface area contributed by atoms with Crippen molar-refractivity contribution in [1.82, 2.24) is 5.32 Å². The molecule has 2 rings (SSSR count). The number of nitrogens with one attached hydrogen (secondary N) is 1. The number of unbranched alkanes of at least 4 members (excludes halogenated alkanes) is 1. The van der Waals surface area contributed by atoms with Crippen LogP contribution in [-0.2, 0) is 4.74 Å². The Balaban J connectivity index is 2.27. The lowest BCUT2D eigenvalue weighted by Crippen LogP contribution is -2.39. The molecular weight excluding hydrogens is 368 g/mol. The number of hydrogen-bond donors (Lipinski definition) is 3. The summed E-state index contributed by atoms with van der Waals surface area (Å²) in [6, 6.07) is 7.38. The molecule has 0 aromatic heterocycles. The van der Waals surface area contributed by atoms with Gasteiger partial charge in [0.25, 0.3) is 0 Å². The van der Waals surface area contributed by atoms with Crippen molar-refractivity contribution in [2.45, 2.75) is 44.8 Å². The van der Waals surface area contributed by atoms with E-state index < -0.39 is 0 Å². The number of nitrogens with two attached hydrogens (primary N) is 1. The minimum atomic E-state index is -0.0272. The summed E-state index contributed by atoms with van der Waals surface area (Å²) >= 11 is 3.66. The van der Waals surface area contributed by atoms with Gasteiger partial charge < -0.3 is 20.9 Å². The van der Waals surface area contributed by atoms with E-state index in [1.807, 2.05) is 12.1 Å². The summed E-state index contributed by atoms with van der Waals surface area (Å²) < 4.78 is 6.64. The smallest absolute Gasteiger partial charge is 0.116 e. The van der Waals surface area contributed by atoms with E-state index in [4.69, 9.17) is 10.5 Å². The largest absolute Gasteiger partial charge is 0.508 e. The number of rotatable bonds is 6. The second kappa shape index (κ2) is 9.25. The van der Waals surface area contributed by atoms with Gasteiger partial charge in [-0.2, -0.15) is 0 Å². The average Bonchev–Trinajstić information content (AvgIpc) is 2.57. The van der Waals surface area contributed by atoms with Gasteiger partial charge in [0, 0.05) is 23.7 Å². The lowest BCUT2D eigenvalue weighted by molar-refractivity contribution is 0.126. The molecular formula is C19H27BrN2O2. The summed E-state index contributed by atoms with van der Waals surface area (Å²) in [6.45, 7) is 3.12. The van der Waals surface area contributed by atoms with Crippen LogP contribution in [0.25, 0.3) is 5.57 Å². The fourth-order valence-electron chi connectivity index (χ4n) is 2.88. The minimum Gasteiger partial charge on any atom is -0.508 e. The molecule has 0 amide bonds. The monoisotopic (exact) mass is 394 g/mol. The van der Waals surface area contributed by atoms with Gasteiger partial charge in [0.1, 0.15) is 5.75 Å². The highest BCUT2D eigenvalue weighted by atomic mass is 79.9. The zero-order chi connectivity index (χ0) is 17.5. The van der Waals surface area contributed by atoms with E-state index in [1.54, 1.807) is 19.2 Å². The normalized spacial score (nSPS) is 27.2. The molecule has 2 atom stereocenters. The maximum atomic E-state index is 9.76. The maximum Gasteiger partial charge on any atom is 0.116 e. The van der Waals surface area contributed by atoms with Gasteiger partial charge in [-0.3, -0.25) is 0 Å². The molecule has 1 aromatic rings. The predicted octanol–water partition coefficient (Wildman–Crippen LogP) is 3.91. The van der Waals surface area contributed by atoms with Crippen molar-refractivity contribution in [3.05, 3.63) is 46.1 Å². The summed E-state index contributed by atoms with van der Waals surface area (Å²) in [6.07, 6.45) is 5.85. The minimum absolute atomic E-state index is 0.0272. The molecule has 1 aliphatic carbocycles. The first-order valence-electron chi connectivity index (χ1n) is 8.45. The molecule has 5 heteroatoms. The van der Waals surface area contributed by atoms with Gasteiger partial charge in [0.2, 0.25) is 0 Å². The van der Waals surface area contributed by atoms with E-state index in [9.17, 15) is 5.11 Å². The Morgan fingerprint density at radius 3 is 2.88 bits per heavy atom. The molecule has 4 nitrogen and oxygen atoms in total. The standard InChI is InChI=1S/C19H27BrN2O2/c1-3-4-8-22-18-12-16(24-2)10-14(11-17(20)19(18)21)13-6-5-7-15(23)9-13/h5-7,9-10,16,18,22-23H,3-4,8,11-12,21H2,1-2H3/b14-10+,19-17-. The molecule has 24 heavy (non-hydrogen) atoms. The number of halogens is 1. The lowest BCUT2D eigenvalue weighted by Gasteiger charge is -2.27. The first kappa shape index (κ1) is 19.0. The van der Waals surface area contributed by atoms with Gasteiger partial charge in [-0.15, -0.1) is 0 Å². The van der Waals surface area contributed by atoms with Crippen LogP contribution >= 0.6 is 15.9 Å². The fourth-order valence-corrected chi connectivity index (χ4v) is 3.46. The number of benzene rings is 1. The molecule has 1 aliphatic rings. The van der Waals surface area contributed by atoms with Crippen LogP contribution in [0.15, 0.2) is 40.5 Å². The SMILES string of the molecule is CCCCNC1CC(OC)/C=C(/c2cccc(O)c2)C/C(Br)=C\1N. The van der Waals surface area contributed by atoms with Crippen LogP contribution in [-0.4, -0.2) is 30.9 Å². The van der Waals surface area contributed by atoms with Gasteiger partial charge in [0.15, 0.2) is 0 Å². The van der Waals surface area contributed by atoms with Gasteiger partial charge in [-0.25, -0.2) is 0 Å². The number of hydrogen-bond acceptors (Lipinski definition) is 4. The number of methoxy groups -OCH3 is 1. The zero-order valence-corrected chi connectivity index (χ0v) is 16.0. The van der Waals surface area contributed by atoms with Gasteiger partial charge in [-0.1, -0.05) is 47.5 Å². The zero-order valence-electron chi connectivity index (χ0n) is 14.4. The molecule has 0 heterocycles. The third-order valence-corrected chi connectivity index (χ3v) is 5.07. The molecule has 0 saturated carbocycles. The molecule has 132 valence electrons. The molecule has 0 bridgehead atoms. The van der Waals surface area contributed by atoms with Crippen LogP contribution < -0.4 is 11.1 Å². The van der Waals surface area contributed by atoms with Crippen LogP contribution in [0.2, 0.25) is 0 Å². The Morgan fingerprint density at radius 1 is 1.42 bits per heavy atom. The summed E-state index contributed by atoms with van der Waals surface area (Å²) in [4.78, 5) is 0. The number of ether oxygens (including phenoxy) is 1. The van der Waals surface area contributed by atoms with Gasteiger partial charge in [0.05, 0.1) is 12.1 Å². The van der Waals surface area contributed by atoms with E-state index in [1.165, 1.54) is 0 Å². The van der Waals surface area contributed by atoms with E-state index >= 15 is 0 Å². The lowest BCUT2D eigenvalue weighted by atomic mass is 9.93. The number of phenolic OH excluding ortho intramolecular Hbond substituents is 1. The van der Waals surface area contributed by atoms with Crippen LogP contribution in [0.5, 0.6) is 5.75 Å². The molecule has 4 N–H and O–H groups in total. The number of allylic oxidation sites excluding steroid dienone is 2. The first-order valence-corrected chi connectivity index (χ1v) is 9.24. The van der Waals surface area contributed by atoms with Crippen molar-refractivity contribution in [3.8, 4) is 5.75 Å². The molecule has 2 unspecified atom stereocenters. The maximum absolute atomic E-state index is 9.76. The Labute approximate surface area is 152 Å². The van der Waals surface area contributed by atoms with E-state index in [0.717, 1.165) is 47.1 Å². The third-order valence-electron chi connectivity index (χ3n) is 4.33. The highest BCUT2D eigenvalue weighted by Gasteiger charge is 2.23. The third kappa shape index (κ3) is 5.10. The highest BCUT2D eigenvalue weighted by Crippen LogP contribution is 2.32. The van der Waals surface area contributed by atoms with Crippen molar-refractivity contribution < 1.29 is 9.84 Å². The second-order valence-corrected chi connectivity index (χ2v) is 7.11. The quantitative estimate of drug-likeness (QED) is 0.639. The highest BCUT2D eigenvalue weighted by molar-refractivity contribution is 9.11. The van der Waals surface area contributed by atoms with Crippen molar-refractivity contribution in [2.75, 3.05) is 13.7 Å². The van der Waals surface area contributed by atoms with Crippen molar-refractivity contribution in [2.24, 2.45) is 5.73 Å². The topological polar surface area (TPSA) is 67.5 Å². The Hall–Kier alpha value is -1.30. The molecule has 0 fully saturated rings. The Morgan fingerprint density at radius 2 is 2.21 bits per heavy atom. The number of aromatic hydroxyl groups is 1. The summed E-state index contributed by atoms with van der Waals surface area (Å²) in [7, 11) is 1.72. The first-order chi connectivity index (χ1) is 11.5. The Bertz CT molecular complexity index is 613. The van der Waals surface area contributed by atoms with E-state index in [0.29, 0.717) is 6.42 Å². The van der Waals surface area contributed by atoms with E-state index in [2.05, 4.69) is 34.2 Å². The Kier molecular flexibility index (Phi) is 7.34. The fraction of sp³-hybridized carbons (Fsp3) is 0.474. The molecule has 1 aromatic carbocycles. The second-order valence-electron chi connectivity index (χ2n) is 6.15. The van der Waals surface area contributed by atoms with Crippen molar-refractivity contribution in [3.63, 3.8) is 0 Å². The van der Waals surface area contributed by atoms with Gasteiger partial charge >= 0.3 is 0 Å². The molecule has 0 spiro atoms. The summed E-state index contributed by atoms with van der Waals surface area (Å²) in [5.41, 5.74) is 9.31. The van der Waals surface area contributed by atoms with Crippen LogP contribution in [0.1, 0.15) is 38.2 Å². The molecule has 0 saturated heterocycles. The number of phenols is 1. The van der Waals surface area contributed by atoms with Crippen LogP contribution in [0.4, 0.5) is 0 Å². The van der Waals surface area contributed by atoms with Gasteiger partial charge in [-0.05, 0) is 42.7 Å². The molecule has 0 radical (unpaired) electrons. The van der Waals surface area contributed by atoms with E-state index in [-0.39, 0.29) is 17.9 Å². The predicted molar refractivity (Wildman–Crippen MR) is 103 cm³/mol. The van der Waals surface area contributed by atoms with Crippen LogP contribution in [0, 0.1) is 0 Å². The molecule has 0 aliphatic heterocycles. The van der Waals surface area contributed by atoms with Crippen molar-refractivity contribution >= 4 is 21.5 Å². The van der Waals surface area contributed by atoms with Crippen molar-refractivity contribution in [1.29, 1.82) is 0 Å². The average molecular weight is 395 g/mol. The summed E-state index contributed by atoms with van der Waals surface area (Å²) in [5.74, 6) is 0.261. The van der Waals surface area contributed by atoms with Crippen LogP contribution in [0.3, 0.4) is 0 Å².